The molecule has 0 unspecified atom stereocenters. The minimum atomic E-state index is -2.40. The Balaban J connectivity index is 0.000000351. The molecule has 0 saturated carbocycles. The third-order valence-electron chi connectivity index (χ3n) is 1.65. The van der Waals surface area contributed by atoms with Crippen molar-refractivity contribution in [2.24, 2.45) is 8.73 Å². The second-order valence-electron chi connectivity index (χ2n) is 3.15. The van der Waals surface area contributed by atoms with E-state index >= 15 is 0 Å². The molecule has 0 aliphatic rings. The quantitative estimate of drug-likeness (QED) is 0.785. The molecule has 0 saturated heterocycles. The number of hydrogen-bond acceptors (Lipinski definition) is 6. The van der Waals surface area contributed by atoms with Crippen molar-refractivity contribution in [3.8, 4) is 0 Å². The number of nitrogens with zero attached hydrogens (tertiary/aromatic N) is 2. The van der Waals surface area contributed by atoms with Crippen LogP contribution in [-0.2, 0) is 21.0 Å². The number of rotatable bonds is 4. The molecule has 0 heterocycles. The minimum Gasteiger partial charge on any atom is -0.172 e. The van der Waals surface area contributed by atoms with Crippen LogP contribution in [0.3, 0.4) is 0 Å². The average molecular weight is 290 g/mol. The van der Waals surface area contributed by atoms with E-state index in [-0.39, 0.29) is 13.1 Å². The number of hydrogen-bond donors (Lipinski definition) is 0. The van der Waals surface area contributed by atoms with Crippen LogP contribution in [0.2, 0.25) is 0 Å². The lowest BCUT2D eigenvalue weighted by Crippen LogP contribution is -1.84. The summed E-state index contributed by atoms with van der Waals surface area (Å²) in [5.74, 6) is 0. The van der Waals surface area contributed by atoms with Gasteiger partial charge in [0.1, 0.15) is 0 Å². The Morgan fingerprint density at radius 3 is 1.61 bits per heavy atom. The van der Waals surface area contributed by atoms with Crippen molar-refractivity contribution in [3.63, 3.8) is 0 Å². The molecule has 1 aromatic carbocycles. The molecule has 0 bridgehead atoms. The first-order valence-corrected chi connectivity index (χ1v) is 7.14. The number of benzene rings is 1. The van der Waals surface area contributed by atoms with Crippen LogP contribution in [0.25, 0.3) is 0 Å². The molecule has 0 amide bonds. The van der Waals surface area contributed by atoms with E-state index in [2.05, 4.69) is 27.8 Å². The van der Waals surface area contributed by atoms with Crippen LogP contribution in [0.1, 0.15) is 12.0 Å². The summed E-state index contributed by atoms with van der Waals surface area (Å²) in [7, 11) is -4.80. The molecule has 100 valence electrons. The molecule has 0 spiro atoms. The molecule has 0 atom stereocenters. The molecule has 0 N–H and O–H groups in total. The Morgan fingerprint density at radius 2 is 1.33 bits per heavy atom. The summed E-state index contributed by atoms with van der Waals surface area (Å²) in [5, 5.41) is 0. The van der Waals surface area contributed by atoms with Gasteiger partial charge in [0.2, 0.25) is 0 Å². The highest BCUT2D eigenvalue weighted by Gasteiger charge is 1.83. The molecule has 0 aromatic heterocycles. The van der Waals surface area contributed by atoms with Gasteiger partial charge in [-0.05, 0) is 13.3 Å². The van der Waals surface area contributed by atoms with Crippen LogP contribution < -0.4 is 0 Å². The second kappa shape index (κ2) is 10.6. The monoisotopic (exact) mass is 290 g/mol. The molecule has 6 nitrogen and oxygen atoms in total. The third-order valence-corrected chi connectivity index (χ3v) is 2.44. The van der Waals surface area contributed by atoms with Gasteiger partial charge >= 0.3 is 21.0 Å². The molecule has 1 rings (SSSR count). The largest absolute Gasteiger partial charge is 0.311 e. The maximum atomic E-state index is 9.78. The van der Waals surface area contributed by atoms with E-state index in [4.69, 9.17) is 0 Å². The normalized spacial score (nSPS) is 8.72. The molecule has 1 aromatic rings. The lowest BCUT2D eigenvalue weighted by atomic mass is 10.2. The predicted molar refractivity (Wildman–Crippen MR) is 68.2 cm³/mol. The van der Waals surface area contributed by atoms with E-state index in [9.17, 15) is 16.8 Å². The zero-order valence-corrected chi connectivity index (χ0v) is 11.5. The summed E-state index contributed by atoms with van der Waals surface area (Å²) in [4.78, 5) is 0. The van der Waals surface area contributed by atoms with Crippen LogP contribution >= 0.6 is 0 Å². The van der Waals surface area contributed by atoms with Gasteiger partial charge in [-0.15, -0.1) is 0 Å². The van der Waals surface area contributed by atoms with Gasteiger partial charge < -0.3 is 0 Å². The fourth-order valence-corrected chi connectivity index (χ4v) is 1.44. The first-order valence-electron chi connectivity index (χ1n) is 5.07. The summed E-state index contributed by atoms with van der Waals surface area (Å²) in [6.45, 7) is 2.24. The first-order chi connectivity index (χ1) is 8.52. The van der Waals surface area contributed by atoms with Crippen LogP contribution in [0.5, 0.6) is 0 Å². The minimum absolute atomic E-state index is 0.0802. The van der Waals surface area contributed by atoms with Crippen molar-refractivity contribution in [2.75, 3.05) is 13.1 Å². The van der Waals surface area contributed by atoms with Crippen molar-refractivity contribution in [1.29, 1.82) is 0 Å². The summed E-state index contributed by atoms with van der Waals surface area (Å²) in [6, 6.07) is 10.3. The molecule has 0 fully saturated rings. The molecular formula is C10H14N2O4S2. The van der Waals surface area contributed by atoms with Gasteiger partial charge in [0.15, 0.2) is 0 Å². The molecule has 0 aliphatic heterocycles. The highest BCUT2D eigenvalue weighted by Crippen LogP contribution is 1.92. The van der Waals surface area contributed by atoms with Crippen molar-refractivity contribution >= 4 is 21.0 Å². The summed E-state index contributed by atoms with van der Waals surface area (Å²) < 4.78 is 45.3. The van der Waals surface area contributed by atoms with E-state index < -0.39 is 21.0 Å². The SMILES string of the molecule is Cc1ccccc1.O=S(=O)=NCCCN=S(=O)=O. The van der Waals surface area contributed by atoms with Crippen LogP contribution in [-0.4, -0.2) is 29.9 Å². The molecule has 0 aliphatic carbocycles. The third kappa shape index (κ3) is 12.5. The average Bonchev–Trinajstić information content (AvgIpc) is 2.29. The van der Waals surface area contributed by atoms with Gasteiger partial charge in [-0.1, -0.05) is 35.9 Å². The fourth-order valence-electron chi connectivity index (χ4n) is 0.883. The molecule has 8 heteroatoms. The zero-order chi connectivity index (χ0) is 13.8. The molecule has 18 heavy (non-hydrogen) atoms. The maximum Gasteiger partial charge on any atom is 0.311 e. The predicted octanol–water partition coefficient (Wildman–Crippen LogP) is 1.50. The number of aryl methyl sites for hydroxylation is 1. The fraction of sp³-hybridized carbons (Fsp3) is 0.400. The van der Waals surface area contributed by atoms with Gasteiger partial charge in [0.05, 0.1) is 13.1 Å². The Bertz CT molecular complexity index is 540. The zero-order valence-electron chi connectivity index (χ0n) is 9.85. The van der Waals surface area contributed by atoms with Crippen LogP contribution in [0, 0.1) is 6.92 Å². The summed E-state index contributed by atoms with van der Waals surface area (Å²) in [6.07, 6.45) is 0.321. The van der Waals surface area contributed by atoms with Gasteiger partial charge in [0, 0.05) is 0 Å². The lowest BCUT2D eigenvalue weighted by Gasteiger charge is -1.82. The van der Waals surface area contributed by atoms with Crippen molar-refractivity contribution in [2.45, 2.75) is 13.3 Å². The topological polar surface area (TPSA) is 93.0 Å². The van der Waals surface area contributed by atoms with Crippen molar-refractivity contribution in [1.82, 2.24) is 0 Å². The second-order valence-corrected chi connectivity index (χ2v) is 4.53. The van der Waals surface area contributed by atoms with Crippen molar-refractivity contribution in [3.05, 3.63) is 35.9 Å². The van der Waals surface area contributed by atoms with Gasteiger partial charge in [-0.3, -0.25) is 0 Å². The van der Waals surface area contributed by atoms with Gasteiger partial charge in [-0.2, -0.15) is 25.6 Å². The highest BCUT2D eigenvalue weighted by atomic mass is 32.2. The van der Waals surface area contributed by atoms with Crippen molar-refractivity contribution < 1.29 is 16.8 Å². The molecular weight excluding hydrogens is 276 g/mol. The summed E-state index contributed by atoms with van der Waals surface area (Å²) in [5.41, 5.74) is 1.32. The molecule has 0 radical (unpaired) electrons. The Kier molecular flexibility index (Phi) is 9.70. The van der Waals surface area contributed by atoms with Crippen LogP contribution in [0.15, 0.2) is 39.1 Å². The van der Waals surface area contributed by atoms with Gasteiger partial charge in [-0.25, -0.2) is 0 Å². The van der Waals surface area contributed by atoms with E-state index in [0.717, 1.165) is 0 Å². The first kappa shape index (κ1) is 16.5. The van der Waals surface area contributed by atoms with E-state index in [1.165, 1.54) is 5.56 Å². The smallest absolute Gasteiger partial charge is 0.172 e. The van der Waals surface area contributed by atoms with Gasteiger partial charge in [0.25, 0.3) is 0 Å². The Labute approximate surface area is 109 Å². The van der Waals surface area contributed by atoms with E-state index in [0.29, 0.717) is 6.42 Å². The maximum absolute atomic E-state index is 9.78. The van der Waals surface area contributed by atoms with Crippen LogP contribution in [0.4, 0.5) is 0 Å². The van der Waals surface area contributed by atoms with E-state index in [1.54, 1.807) is 0 Å². The Hall–Kier alpha value is -1.54. The Morgan fingerprint density at radius 1 is 0.889 bits per heavy atom. The summed E-state index contributed by atoms with van der Waals surface area (Å²) >= 11 is 0. The lowest BCUT2D eigenvalue weighted by molar-refractivity contribution is 0.619. The van der Waals surface area contributed by atoms with E-state index in [1.807, 2.05) is 18.2 Å². The highest BCUT2D eigenvalue weighted by molar-refractivity contribution is 7.61. The standard InChI is InChI=1S/C7H8.C3H6N2O4S2/c1-7-5-3-2-4-6-7;6-10(7)4-2-1-3-5-11(8)9/h2-6H,1H3;1-3H2.